The van der Waals surface area contributed by atoms with Gasteiger partial charge in [-0.1, -0.05) is 36.7 Å². The Morgan fingerprint density at radius 2 is 2.05 bits per heavy atom. The van der Waals surface area contributed by atoms with Crippen LogP contribution in [-0.4, -0.2) is 23.6 Å². The van der Waals surface area contributed by atoms with Crippen molar-refractivity contribution in [2.24, 2.45) is 0 Å². The molecule has 6 heteroatoms. The molecule has 0 saturated carbocycles. The number of benzene rings is 1. The highest BCUT2D eigenvalue weighted by Gasteiger charge is 2.13. The van der Waals surface area contributed by atoms with Crippen molar-refractivity contribution in [3.8, 4) is 11.6 Å². The summed E-state index contributed by atoms with van der Waals surface area (Å²) in [5.74, 6) is 1.52. The summed E-state index contributed by atoms with van der Waals surface area (Å²) in [6, 6.07) is 7.53. The van der Waals surface area contributed by atoms with Crippen LogP contribution in [0.3, 0.4) is 0 Å². The summed E-state index contributed by atoms with van der Waals surface area (Å²) in [6.07, 6.45) is 2.44. The normalized spacial score (nSPS) is 10.2. The van der Waals surface area contributed by atoms with E-state index in [-0.39, 0.29) is 0 Å². The molecule has 0 bridgehead atoms. The highest BCUT2D eigenvalue weighted by atomic mass is 35.5. The Morgan fingerprint density at radius 3 is 2.76 bits per heavy atom. The Hall–Kier alpha value is -2.01. The SMILES string of the molecule is CCCNc1ncnc(OCc2ccccc2Cl)c1OC. The zero-order chi connectivity index (χ0) is 15.1. The van der Waals surface area contributed by atoms with Crippen molar-refractivity contribution in [2.75, 3.05) is 19.0 Å². The van der Waals surface area contributed by atoms with Crippen LogP contribution in [0.1, 0.15) is 18.9 Å². The molecule has 1 aromatic heterocycles. The van der Waals surface area contributed by atoms with Crippen molar-refractivity contribution < 1.29 is 9.47 Å². The average Bonchev–Trinajstić information content (AvgIpc) is 2.52. The van der Waals surface area contributed by atoms with E-state index in [9.17, 15) is 0 Å². The molecule has 0 radical (unpaired) electrons. The number of nitrogens with one attached hydrogen (secondary N) is 1. The van der Waals surface area contributed by atoms with Gasteiger partial charge < -0.3 is 14.8 Å². The first-order valence-electron chi connectivity index (χ1n) is 6.75. The summed E-state index contributed by atoms with van der Waals surface area (Å²) in [5, 5.41) is 3.84. The lowest BCUT2D eigenvalue weighted by Gasteiger charge is -2.13. The summed E-state index contributed by atoms with van der Waals surface area (Å²) < 4.78 is 11.1. The second kappa shape index (κ2) is 7.69. The molecule has 0 spiro atoms. The van der Waals surface area contributed by atoms with E-state index in [4.69, 9.17) is 21.1 Å². The second-order valence-electron chi connectivity index (χ2n) is 4.37. The quantitative estimate of drug-likeness (QED) is 0.848. The molecule has 1 heterocycles. The molecular formula is C15H18ClN3O2. The molecular weight excluding hydrogens is 290 g/mol. The van der Waals surface area contributed by atoms with Gasteiger partial charge >= 0.3 is 0 Å². The Labute approximate surface area is 129 Å². The van der Waals surface area contributed by atoms with Gasteiger partial charge in [0, 0.05) is 17.1 Å². The molecule has 2 rings (SSSR count). The van der Waals surface area contributed by atoms with Gasteiger partial charge in [0.25, 0.3) is 5.88 Å². The van der Waals surface area contributed by atoms with Gasteiger partial charge in [0.2, 0.25) is 5.75 Å². The minimum absolute atomic E-state index is 0.320. The number of methoxy groups -OCH3 is 1. The van der Waals surface area contributed by atoms with Crippen molar-refractivity contribution in [3.05, 3.63) is 41.2 Å². The maximum absolute atomic E-state index is 6.11. The Bertz CT molecular complexity index is 593. The summed E-state index contributed by atoms with van der Waals surface area (Å²) in [5.41, 5.74) is 0.892. The van der Waals surface area contributed by atoms with E-state index in [0.29, 0.717) is 29.1 Å². The molecule has 0 aliphatic rings. The third kappa shape index (κ3) is 3.98. The van der Waals surface area contributed by atoms with Crippen LogP contribution in [0.2, 0.25) is 5.02 Å². The lowest BCUT2D eigenvalue weighted by molar-refractivity contribution is 0.272. The predicted molar refractivity (Wildman–Crippen MR) is 83.1 cm³/mol. The van der Waals surface area contributed by atoms with Crippen LogP contribution in [0.4, 0.5) is 5.82 Å². The summed E-state index contributed by atoms with van der Waals surface area (Å²) >= 11 is 6.11. The maximum atomic E-state index is 6.11. The fourth-order valence-corrected chi connectivity index (χ4v) is 1.97. The topological polar surface area (TPSA) is 56.3 Å². The fourth-order valence-electron chi connectivity index (χ4n) is 1.78. The predicted octanol–water partition coefficient (Wildman–Crippen LogP) is 3.54. The number of hydrogen-bond donors (Lipinski definition) is 1. The minimum atomic E-state index is 0.320. The highest BCUT2D eigenvalue weighted by molar-refractivity contribution is 6.31. The van der Waals surface area contributed by atoms with E-state index in [0.717, 1.165) is 18.5 Å². The number of hydrogen-bond acceptors (Lipinski definition) is 5. The number of nitrogens with zero attached hydrogens (tertiary/aromatic N) is 2. The summed E-state index contributed by atoms with van der Waals surface area (Å²) in [7, 11) is 1.57. The van der Waals surface area contributed by atoms with E-state index in [1.807, 2.05) is 24.3 Å². The van der Waals surface area contributed by atoms with Crippen molar-refractivity contribution in [2.45, 2.75) is 20.0 Å². The van der Waals surface area contributed by atoms with Gasteiger partial charge in [-0.3, -0.25) is 0 Å². The molecule has 21 heavy (non-hydrogen) atoms. The summed E-state index contributed by atoms with van der Waals surface area (Å²) in [4.78, 5) is 8.29. The Morgan fingerprint density at radius 1 is 1.24 bits per heavy atom. The maximum Gasteiger partial charge on any atom is 0.262 e. The van der Waals surface area contributed by atoms with Crippen LogP contribution >= 0.6 is 11.6 Å². The molecule has 1 aromatic carbocycles. The number of ether oxygens (including phenoxy) is 2. The smallest absolute Gasteiger partial charge is 0.262 e. The van der Waals surface area contributed by atoms with Crippen LogP contribution in [-0.2, 0) is 6.61 Å². The van der Waals surface area contributed by atoms with Crippen molar-refractivity contribution in [3.63, 3.8) is 0 Å². The van der Waals surface area contributed by atoms with Crippen LogP contribution in [0, 0.1) is 0 Å². The molecule has 0 amide bonds. The molecule has 1 N–H and O–H groups in total. The Balaban J connectivity index is 2.14. The van der Waals surface area contributed by atoms with E-state index in [2.05, 4.69) is 22.2 Å². The van der Waals surface area contributed by atoms with E-state index >= 15 is 0 Å². The van der Waals surface area contributed by atoms with E-state index in [1.54, 1.807) is 7.11 Å². The molecule has 0 aliphatic heterocycles. The molecule has 0 unspecified atom stereocenters. The highest BCUT2D eigenvalue weighted by Crippen LogP contribution is 2.31. The third-order valence-corrected chi connectivity index (χ3v) is 3.21. The fraction of sp³-hybridized carbons (Fsp3) is 0.333. The van der Waals surface area contributed by atoms with Gasteiger partial charge in [-0.05, 0) is 12.5 Å². The van der Waals surface area contributed by atoms with Gasteiger partial charge in [0.15, 0.2) is 5.82 Å². The summed E-state index contributed by atoms with van der Waals surface area (Å²) in [6.45, 7) is 3.20. The van der Waals surface area contributed by atoms with Gasteiger partial charge in [-0.25, -0.2) is 4.98 Å². The van der Waals surface area contributed by atoms with Crippen LogP contribution in [0.15, 0.2) is 30.6 Å². The van der Waals surface area contributed by atoms with Crippen molar-refractivity contribution in [1.29, 1.82) is 0 Å². The van der Waals surface area contributed by atoms with E-state index in [1.165, 1.54) is 6.33 Å². The largest absolute Gasteiger partial charge is 0.489 e. The van der Waals surface area contributed by atoms with Crippen molar-refractivity contribution >= 4 is 17.4 Å². The average molecular weight is 308 g/mol. The first-order valence-corrected chi connectivity index (χ1v) is 7.13. The van der Waals surface area contributed by atoms with Gasteiger partial charge in [0.05, 0.1) is 7.11 Å². The molecule has 5 nitrogen and oxygen atoms in total. The molecule has 0 saturated heterocycles. The zero-order valence-electron chi connectivity index (χ0n) is 12.1. The van der Waals surface area contributed by atoms with Crippen molar-refractivity contribution in [1.82, 2.24) is 9.97 Å². The van der Waals surface area contributed by atoms with Gasteiger partial charge in [-0.15, -0.1) is 0 Å². The second-order valence-corrected chi connectivity index (χ2v) is 4.77. The lowest BCUT2D eigenvalue weighted by Crippen LogP contribution is -2.07. The number of rotatable bonds is 7. The minimum Gasteiger partial charge on any atom is -0.489 e. The number of anilines is 1. The van der Waals surface area contributed by atoms with E-state index < -0.39 is 0 Å². The monoisotopic (exact) mass is 307 g/mol. The third-order valence-electron chi connectivity index (χ3n) is 2.84. The standard InChI is InChI=1S/C15H18ClN3O2/c1-3-8-17-14-13(20-2)15(19-10-18-14)21-9-11-6-4-5-7-12(11)16/h4-7,10H,3,8-9H2,1-2H3,(H,17,18,19). The molecule has 0 fully saturated rings. The van der Waals surface area contributed by atoms with Crippen LogP contribution in [0.25, 0.3) is 0 Å². The number of aromatic nitrogens is 2. The van der Waals surface area contributed by atoms with Gasteiger partial charge in [0.1, 0.15) is 12.9 Å². The molecule has 0 atom stereocenters. The van der Waals surface area contributed by atoms with Crippen LogP contribution in [0.5, 0.6) is 11.6 Å². The molecule has 0 aliphatic carbocycles. The number of halogens is 1. The van der Waals surface area contributed by atoms with Crippen LogP contribution < -0.4 is 14.8 Å². The molecule has 112 valence electrons. The lowest BCUT2D eigenvalue weighted by atomic mass is 10.2. The zero-order valence-corrected chi connectivity index (χ0v) is 12.9. The van der Waals surface area contributed by atoms with Gasteiger partial charge in [-0.2, -0.15) is 4.98 Å². The Kier molecular flexibility index (Phi) is 5.63. The first-order chi connectivity index (χ1) is 10.3. The first kappa shape index (κ1) is 15.4. The molecule has 2 aromatic rings.